The van der Waals surface area contributed by atoms with Crippen LogP contribution in [-0.4, -0.2) is 10.7 Å². The molecule has 1 aliphatic carbocycles. The first-order chi connectivity index (χ1) is 6.91. The van der Waals surface area contributed by atoms with E-state index in [0.717, 1.165) is 18.4 Å². The number of halogens is 1. The predicted molar refractivity (Wildman–Crippen MR) is 58.5 cm³/mol. The Bertz CT molecular complexity index is 361. The van der Waals surface area contributed by atoms with Crippen molar-refractivity contribution >= 4 is 0 Å². The summed E-state index contributed by atoms with van der Waals surface area (Å²) in [6.45, 7) is 3.12. The highest BCUT2D eigenvalue weighted by atomic mass is 19.1. The number of rotatable bonds is 3. The molecule has 0 radical (unpaired) electrons. The third-order valence-electron chi connectivity index (χ3n) is 3.00. The quantitative estimate of drug-likeness (QED) is 0.809. The average molecular weight is 208 g/mol. The van der Waals surface area contributed by atoms with Crippen molar-refractivity contribution in [1.29, 1.82) is 0 Å². The lowest BCUT2D eigenvalue weighted by atomic mass is 9.91. The maximum Gasteiger partial charge on any atom is 0.130 e. The van der Waals surface area contributed by atoms with Crippen molar-refractivity contribution in [3.05, 3.63) is 35.4 Å². The molecular weight excluding hydrogens is 191 g/mol. The second kappa shape index (κ2) is 3.31. The molecule has 15 heavy (non-hydrogen) atoms. The fourth-order valence-corrected chi connectivity index (χ4v) is 1.93. The predicted octanol–water partition coefficient (Wildman–Crippen LogP) is 2.96. The zero-order valence-corrected chi connectivity index (χ0v) is 9.26. The van der Waals surface area contributed by atoms with Gasteiger partial charge in [-0.25, -0.2) is 4.39 Å². The molecule has 1 N–H and O–H groups in total. The van der Waals surface area contributed by atoms with E-state index in [1.807, 2.05) is 18.2 Å². The van der Waals surface area contributed by atoms with Crippen molar-refractivity contribution in [2.45, 2.75) is 44.4 Å². The Morgan fingerprint density at radius 1 is 1.33 bits per heavy atom. The molecule has 1 aromatic carbocycles. The van der Waals surface area contributed by atoms with Crippen LogP contribution in [0, 0.1) is 0 Å². The minimum absolute atomic E-state index is 0.554. The normalized spacial score (nSPS) is 18.9. The molecule has 0 saturated heterocycles. The Labute approximate surface area is 89.9 Å². The van der Waals surface area contributed by atoms with Crippen molar-refractivity contribution < 1.29 is 9.50 Å². The van der Waals surface area contributed by atoms with Gasteiger partial charge in [-0.15, -0.1) is 0 Å². The van der Waals surface area contributed by atoms with Gasteiger partial charge in [0.25, 0.3) is 0 Å². The van der Waals surface area contributed by atoms with Crippen molar-refractivity contribution in [1.82, 2.24) is 0 Å². The van der Waals surface area contributed by atoms with E-state index in [0.29, 0.717) is 12.0 Å². The second-order valence-corrected chi connectivity index (χ2v) is 5.03. The maximum absolute atomic E-state index is 13.9. The molecule has 0 unspecified atom stereocenters. The molecule has 0 aromatic heterocycles. The van der Waals surface area contributed by atoms with Crippen molar-refractivity contribution in [3.8, 4) is 0 Å². The standard InChI is InChI=1S/C13H17FO/c1-12(2,14)11-6-4-3-5-10(11)9-13(15)7-8-13/h3-6,15H,7-9H2,1-2H3. The second-order valence-electron chi connectivity index (χ2n) is 5.03. The Morgan fingerprint density at radius 3 is 2.47 bits per heavy atom. The molecule has 1 fully saturated rings. The van der Waals surface area contributed by atoms with Gasteiger partial charge in [0.1, 0.15) is 5.67 Å². The van der Waals surface area contributed by atoms with Gasteiger partial charge in [-0.05, 0) is 37.8 Å². The summed E-state index contributed by atoms with van der Waals surface area (Å²) in [7, 11) is 0. The van der Waals surface area contributed by atoms with Crippen molar-refractivity contribution in [2.24, 2.45) is 0 Å². The zero-order chi connectivity index (χ0) is 11.1. The molecular formula is C13H17FO. The molecule has 0 atom stereocenters. The lowest BCUT2D eigenvalue weighted by molar-refractivity contribution is 0.148. The van der Waals surface area contributed by atoms with Gasteiger partial charge < -0.3 is 5.11 Å². The van der Waals surface area contributed by atoms with E-state index in [1.54, 1.807) is 19.9 Å². The van der Waals surface area contributed by atoms with Gasteiger partial charge in [0.15, 0.2) is 0 Å². The van der Waals surface area contributed by atoms with E-state index < -0.39 is 11.3 Å². The molecule has 0 aliphatic heterocycles. The molecule has 1 saturated carbocycles. The van der Waals surface area contributed by atoms with Gasteiger partial charge in [0.05, 0.1) is 5.60 Å². The topological polar surface area (TPSA) is 20.2 Å². The van der Waals surface area contributed by atoms with Gasteiger partial charge in [0.2, 0.25) is 0 Å². The fourth-order valence-electron chi connectivity index (χ4n) is 1.93. The van der Waals surface area contributed by atoms with Crippen molar-refractivity contribution in [2.75, 3.05) is 0 Å². The molecule has 0 amide bonds. The van der Waals surface area contributed by atoms with E-state index in [4.69, 9.17) is 0 Å². The van der Waals surface area contributed by atoms with Crippen LogP contribution in [0.3, 0.4) is 0 Å². The summed E-state index contributed by atoms with van der Waals surface area (Å²) in [5.74, 6) is 0. The summed E-state index contributed by atoms with van der Waals surface area (Å²) in [6.07, 6.45) is 2.26. The Morgan fingerprint density at radius 2 is 1.93 bits per heavy atom. The van der Waals surface area contributed by atoms with E-state index in [9.17, 15) is 9.50 Å². The largest absolute Gasteiger partial charge is 0.390 e. The number of aliphatic hydroxyl groups is 1. The van der Waals surface area contributed by atoms with Crippen LogP contribution in [0.5, 0.6) is 0 Å². The van der Waals surface area contributed by atoms with Crippen LogP contribution < -0.4 is 0 Å². The summed E-state index contributed by atoms with van der Waals surface area (Å²) in [5.41, 5.74) is -0.251. The van der Waals surface area contributed by atoms with E-state index >= 15 is 0 Å². The first-order valence-electron chi connectivity index (χ1n) is 5.40. The Kier molecular flexibility index (Phi) is 2.34. The van der Waals surface area contributed by atoms with Gasteiger partial charge in [0, 0.05) is 6.42 Å². The van der Waals surface area contributed by atoms with Gasteiger partial charge in [-0.3, -0.25) is 0 Å². The Hall–Kier alpha value is -0.890. The molecule has 2 rings (SSSR count). The fraction of sp³-hybridized carbons (Fsp3) is 0.538. The van der Waals surface area contributed by atoms with Gasteiger partial charge in [-0.1, -0.05) is 24.3 Å². The molecule has 82 valence electrons. The lowest BCUT2D eigenvalue weighted by Gasteiger charge is -2.20. The Balaban J connectivity index is 2.30. The highest BCUT2D eigenvalue weighted by Crippen LogP contribution is 2.40. The number of hydrogen-bond acceptors (Lipinski definition) is 1. The smallest absolute Gasteiger partial charge is 0.130 e. The molecule has 0 heterocycles. The van der Waals surface area contributed by atoms with E-state index in [-0.39, 0.29) is 0 Å². The van der Waals surface area contributed by atoms with E-state index in [1.165, 1.54) is 0 Å². The molecule has 0 bridgehead atoms. The van der Waals surface area contributed by atoms with Crippen LogP contribution in [-0.2, 0) is 12.1 Å². The zero-order valence-electron chi connectivity index (χ0n) is 9.26. The highest BCUT2D eigenvalue weighted by molar-refractivity contribution is 5.33. The molecule has 1 aromatic rings. The summed E-state index contributed by atoms with van der Waals surface area (Å²) in [6, 6.07) is 7.46. The van der Waals surface area contributed by atoms with Crippen molar-refractivity contribution in [3.63, 3.8) is 0 Å². The summed E-state index contributed by atoms with van der Waals surface area (Å²) in [4.78, 5) is 0. The summed E-state index contributed by atoms with van der Waals surface area (Å²) < 4.78 is 13.9. The minimum Gasteiger partial charge on any atom is -0.390 e. The van der Waals surface area contributed by atoms with Crippen LogP contribution in [0.4, 0.5) is 4.39 Å². The highest BCUT2D eigenvalue weighted by Gasteiger charge is 2.41. The summed E-state index contributed by atoms with van der Waals surface area (Å²) in [5, 5.41) is 9.85. The molecule has 1 nitrogen and oxygen atoms in total. The molecule has 1 aliphatic rings. The SMILES string of the molecule is CC(C)(F)c1ccccc1CC1(O)CC1. The maximum atomic E-state index is 13.9. The van der Waals surface area contributed by atoms with Crippen LogP contribution in [0.25, 0.3) is 0 Å². The number of benzene rings is 1. The third kappa shape index (κ3) is 2.37. The van der Waals surface area contributed by atoms with Crippen LogP contribution >= 0.6 is 0 Å². The summed E-state index contributed by atoms with van der Waals surface area (Å²) >= 11 is 0. The van der Waals surface area contributed by atoms with E-state index in [2.05, 4.69) is 0 Å². The molecule has 2 heteroatoms. The minimum atomic E-state index is -1.33. The van der Waals surface area contributed by atoms with Gasteiger partial charge >= 0.3 is 0 Å². The van der Waals surface area contributed by atoms with Crippen LogP contribution in [0.1, 0.15) is 37.8 Å². The van der Waals surface area contributed by atoms with Crippen LogP contribution in [0.2, 0.25) is 0 Å². The van der Waals surface area contributed by atoms with Gasteiger partial charge in [-0.2, -0.15) is 0 Å². The number of alkyl halides is 1. The number of hydrogen-bond donors (Lipinski definition) is 1. The first kappa shape index (κ1) is 10.6. The average Bonchev–Trinajstić information content (AvgIpc) is 2.82. The molecule has 0 spiro atoms. The van der Waals surface area contributed by atoms with Crippen LogP contribution in [0.15, 0.2) is 24.3 Å². The lowest BCUT2D eigenvalue weighted by Crippen LogP contribution is -2.17. The monoisotopic (exact) mass is 208 g/mol. The third-order valence-corrected chi connectivity index (χ3v) is 3.00. The first-order valence-corrected chi connectivity index (χ1v) is 5.40.